The number of phenolic OH excluding ortho intramolecular Hbond substituents is 2. The molecule has 4 rings (SSSR count). The van der Waals surface area contributed by atoms with E-state index in [-0.39, 0.29) is 17.1 Å². The molecule has 6 heteroatoms. The van der Waals surface area contributed by atoms with E-state index >= 15 is 0 Å². The number of carbonyl (C=O) groups excluding carboxylic acids is 1. The minimum Gasteiger partial charge on any atom is -0.507 e. The number of hydrogen-bond donors (Lipinski definition) is 3. The van der Waals surface area contributed by atoms with Crippen molar-refractivity contribution in [3.05, 3.63) is 83.6 Å². The molecule has 3 N–H and O–H groups in total. The van der Waals surface area contributed by atoms with Crippen molar-refractivity contribution in [1.29, 1.82) is 0 Å². The van der Waals surface area contributed by atoms with Gasteiger partial charge in [-0.25, -0.2) is 5.43 Å². The van der Waals surface area contributed by atoms with Gasteiger partial charge in [0.05, 0.1) is 5.56 Å². The lowest BCUT2D eigenvalue weighted by Gasteiger charge is -2.09. The molecule has 4 aromatic rings. The molecule has 0 aliphatic carbocycles. The highest BCUT2D eigenvalue weighted by Gasteiger charge is 2.11. The number of hydrogen-bond acceptors (Lipinski definition) is 5. The number of para-hydroxylation sites is 1. The minimum atomic E-state index is -0.479. The van der Waals surface area contributed by atoms with Crippen LogP contribution in [0.25, 0.3) is 22.1 Å². The van der Waals surface area contributed by atoms with Crippen molar-refractivity contribution in [2.45, 2.75) is 20.3 Å². The molecule has 31 heavy (non-hydrogen) atoms. The molecule has 0 fully saturated rings. The second kappa shape index (κ2) is 8.36. The first-order valence-electron chi connectivity index (χ1n) is 9.84. The van der Waals surface area contributed by atoms with Crippen molar-refractivity contribution in [1.82, 2.24) is 5.43 Å². The summed E-state index contributed by atoms with van der Waals surface area (Å²) in [5.74, 6) is 0.446. The van der Waals surface area contributed by atoms with Crippen LogP contribution in [0, 0.1) is 6.92 Å². The largest absolute Gasteiger partial charge is 0.507 e. The highest BCUT2D eigenvalue weighted by Crippen LogP contribution is 2.33. The molecule has 0 radical (unpaired) electrons. The van der Waals surface area contributed by atoms with Gasteiger partial charge in [-0.3, -0.25) is 4.79 Å². The number of aryl methyl sites for hydroxylation is 1. The van der Waals surface area contributed by atoms with E-state index < -0.39 is 5.91 Å². The fourth-order valence-electron chi connectivity index (χ4n) is 3.48. The molecule has 6 nitrogen and oxygen atoms in total. The Morgan fingerprint density at radius 1 is 1.00 bits per heavy atom. The van der Waals surface area contributed by atoms with Gasteiger partial charge in [-0.05, 0) is 67.4 Å². The van der Waals surface area contributed by atoms with Crippen LogP contribution in [0.4, 0.5) is 0 Å². The number of carbonyl (C=O) groups is 1. The van der Waals surface area contributed by atoms with E-state index in [1.807, 2.05) is 43.3 Å². The second-order valence-corrected chi connectivity index (χ2v) is 7.44. The molecule has 0 saturated heterocycles. The first-order chi connectivity index (χ1) is 14.9. The molecule has 0 spiro atoms. The summed E-state index contributed by atoms with van der Waals surface area (Å²) in [6, 6.07) is 19.4. The number of hydrazone groups is 1. The van der Waals surface area contributed by atoms with E-state index in [4.69, 9.17) is 4.42 Å². The Morgan fingerprint density at radius 3 is 2.61 bits per heavy atom. The molecule has 0 saturated carbocycles. The minimum absolute atomic E-state index is 0.0965. The molecule has 0 aliphatic heterocycles. The summed E-state index contributed by atoms with van der Waals surface area (Å²) in [5, 5.41) is 25.3. The Morgan fingerprint density at radius 2 is 1.81 bits per heavy atom. The Kier molecular flexibility index (Phi) is 5.45. The number of phenols is 2. The van der Waals surface area contributed by atoms with E-state index in [9.17, 15) is 15.0 Å². The zero-order valence-corrected chi connectivity index (χ0v) is 17.2. The van der Waals surface area contributed by atoms with E-state index in [0.717, 1.165) is 27.9 Å². The van der Waals surface area contributed by atoms with E-state index in [1.54, 1.807) is 25.1 Å². The molecule has 0 aliphatic rings. The normalized spacial score (nSPS) is 11.6. The average Bonchev–Trinajstić information content (AvgIpc) is 3.13. The van der Waals surface area contributed by atoms with Crippen molar-refractivity contribution >= 4 is 22.6 Å². The molecule has 0 unspecified atom stereocenters. The molecular formula is C25H22N2O4. The highest BCUT2D eigenvalue weighted by atomic mass is 16.3. The van der Waals surface area contributed by atoms with Crippen LogP contribution in [-0.2, 0) is 6.42 Å². The third-order valence-corrected chi connectivity index (χ3v) is 4.97. The summed E-state index contributed by atoms with van der Waals surface area (Å²) in [6.45, 7) is 3.70. The molecule has 156 valence electrons. The van der Waals surface area contributed by atoms with E-state index in [2.05, 4.69) is 10.5 Å². The smallest absolute Gasteiger partial charge is 0.275 e. The maximum Gasteiger partial charge on any atom is 0.275 e. The Bertz CT molecular complexity index is 1300. The van der Waals surface area contributed by atoms with Gasteiger partial charge in [-0.15, -0.1) is 0 Å². The first-order valence-corrected chi connectivity index (χ1v) is 9.84. The van der Waals surface area contributed by atoms with Gasteiger partial charge >= 0.3 is 0 Å². The van der Waals surface area contributed by atoms with Gasteiger partial charge in [0.25, 0.3) is 5.91 Å². The van der Waals surface area contributed by atoms with Crippen LogP contribution >= 0.6 is 0 Å². The van der Waals surface area contributed by atoms with Crippen molar-refractivity contribution in [3.8, 4) is 22.6 Å². The van der Waals surface area contributed by atoms with Crippen LogP contribution in [0.2, 0.25) is 0 Å². The van der Waals surface area contributed by atoms with Gasteiger partial charge in [-0.1, -0.05) is 24.3 Å². The predicted molar refractivity (Wildman–Crippen MR) is 120 cm³/mol. The van der Waals surface area contributed by atoms with Gasteiger partial charge in [0.2, 0.25) is 0 Å². The average molecular weight is 414 g/mol. The number of aromatic hydroxyl groups is 2. The monoisotopic (exact) mass is 414 g/mol. The summed E-state index contributed by atoms with van der Waals surface area (Å²) in [6.07, 6.45) is 0.487. The third-order valence-electron chi connectivity index (χ3n) is 4.97. The number of benzene rings is 3. The first kappa shape index (κ1) is 20.2. The Balaban J connectivity index is 1.53. The van der Waals surface area contributed by atoms with Crippen LogP contribution in [-0.4, -0.2) is 21.8 Å². The topological polar surface area (TPSA) is 95.1 Å². The summed E-state index contributed by atoms with van der Waals surface area (Å²) < 4.78 is 5.62. The Labute approximate surface area is 179 Å². The number of amides is 1. The number of furan rings is 1. The van der Waals surface area contributed by atoms with Crippen molar-refractivity contribution in [2.24, 2.45) is 5.10 Å². The van der Waals surface area contributed by atoms with Crippen LogP contribution in [0.1, 0.15) is 28.6 Å². The molecule has 0 bridgehead atoms. The molecular weight excluding hydrogens is 392 g/mol. The quantitative estimate of drug-likeness (QED) is 0.310. The number of fused-ring (bicyclic) bond motifs is 1. The van der Waals surface area contributed by atoms with Crippen LogP contribution in [0.3, 0.4) is 0 Å². The van der Waals surface area contributed by atoms with Crippen molar-refractivity contribution in [3.63, 3.8) is 0 Å². The summed E-state index contributed by atoms with van der Waals surface area (Å²) in [4.78, 5) is 12.2. The van der Waals surface area contributed by atoms with Gasteiger partial charge in [-0.2, -0.15) is 5.10 Å². The number of nitrogens with zero attached hydrogens (tertiary/aromatic N) is 1. The number of nitrogens with one attached hydrogen (secondary N) is 1. The van der Waals surface area contributed by atoms with Gasteiger partial charge in [0, 0.05) is 23.1 Å². The fraction of sp³-hybridized carbons (Fsp3) is 0.120. The standard InChI is InChI=1S/C25H22N2O4/c1-15(26-27-25(30)20-5-3-4-6-22(20)28)11-17-7-9-23(29)21(13-17)18-8-10-24-19(14-18)12-16(2)31-24/h3-10,12-14,28-29H,11H2,1-2H3,(H,27,30). The van der Waals surface area contributed by atoms with Crippen LogP contribution in [0.15, 0.2) is 76.2 Å². The van der Waals surface area contributed by atoms with Crippen LogP contribution in [0.5, 0.6) is 11.5 Å². The Hall–Kier alpha value is -4.06. The lowest BCUT2D eigenvalue weighted by atomic mass is 9.99. The maximum absolute atomic E-state index is 12.2. The molecule has 1 heterocycles. The molecule has 1 amide bonds. The van der Waals surface area contributed by atoms with Crippen molar-refractivity contribution < 1.29 is 19.4 Å². The lowest BCUT2D eigenvalue weighted by Crippen LogP contribution is -2.19. The zero-order chi connectivity index (χ0) is 22.0. The second-order valence-electron chi connectivity index (χ2n) is 7.44. The zero-order valence-electron chi connectivity index (χ0n) is 17.2. The predicted octanol–water partition coefficient (Wildman–Crippen LogP) is 5.17. The molecule has 0 atom stereocenters. The summed E-state index contributed by atoms with van der Waals surface area (Å²) >= 11 is 0. The molecule has 1 aromatic heterocycles. The third kappa shape index (κ3) is 4.43. The highest BCUT2D eigenvalue weighted by molar-refractivity contribution is 5.97. The van der Waals surface area contributed by atoms with Gasteiger partial charge in [0.1, 0.15) is 22.8 Å². The summed E-state index contributed by atoms with van der Waals surface area (Å²) in [5.41, 5.74) is 6.66. The summed E-state index contributed by atoms with van der Waals surface area (Å²) in [7, 11) is 0. The maximum atomic E-state index is 12.2. The van der Waals surface area contributed by atoms with E-state index in [1.165, 1.54) is 12.1 Å². The van der Waals surface area contributed by atoms with Gasteiger partial charge < -0.3 is 14.6 Å². The fourth-order valence-corrected chi connectivity index (χ4v) is 3.48. The van der Waals surface area contributed by atoms with Crippen LogP contribution < -0.4 is 5.43 Å². The SMILES string of the molecule is CC(Cc1ccc(O)c(-c2ccc3oc(C)cc3c2)c1)=NNC(=O)c1ccccc1O. The van der Waals surface area contributed by atoms with Crippen molar-refractivity contribution in [2.75, 3.05) is 0 Å². The number of rotatable bonds is 5. The molecule has 3 aromatic carbocycles. The lowest BCUT2D eigenvalue weighted by molar-refractivity contribution is 0.0952. The van der Waals surface area contributed by atoms with E-state index in [0.29, 0.717) is 17.7 Å². The van der Waals surface area contributed by atoms with Gasteiger partial charge in [0.15, 0.2) is 0 Å².